The number of aryl methyl sites for hydroxylation is 1. The van der Waals surface area contributed by atoms with E-state index >= 15 is 0 Å². The van der Waals surface area contributed by atoms with Gasteiger partial charge < -0.3 is 15.4 Å². The second-order valence-electron chi connectivity index (χ2n) is 7.50. The Morgan fingerprint density at radius 3 is 2.46 bits per heavy atom. The number of methoxy groups -OCH3 is 1. The third kappa shape index (κ3) is 6.95. The van der Waals surface area contributed by atoms with E-state index in [1.807, 2.05) is 13.1 Å². The Kier molecular flexibility index (Phi) is 9.71. The van der Waals surface area contributed by atoms with Gasteiger partial charge in [-0.2, -0.15) is 0 Å². The Hall–Kier alpha value is -1.02. The lowest BCUT2D eigenvalue weighted by Gasteiger charge is -2.41. The first-order valence-electron chi connectivity index (χ1n) is 9.29. The molecule has 0 bridgehead atoms. The van der Waals surface area contributed by atoms with Crippen molar-refractivity contribution in [3.05, 3.63) is 29.3 Å². The van der Waals surface area contributed by atoms with Crippen molar-refractivity contribution in [2.24, 2.45) is 4.99 Å². The molecule has 0 spiro atoms. The molecular weight excluding hydrogens is 439 g/mol. The number of aliphatic imine (C=N–C) groups is 1. The molecule has 2 N–H and O–H groups in total. The van der Waals surface area contributed by atoms with Crippen LogP contribution in [0, 0.1) is 6.92 Å². The molecule has 26 heavy (non-hydrogen) atoms. The summed E-state index contributed by atoms with van der Waals surface area (Å²) in [6.07, 6.45) is 3.99. The number of nitrogens with one attached hydrogen (secondary N) is 2. The molecule has 1 heterocycles. The molecule has 0 unspecified atom stereocenters. The Labute approximate surface area is 176 Å². The summed E-state index contributed by atoms with van der Waals surface area (Å²) in [5.74, 6) is 1.73. The van der Waals surface area contributed by atoms with E-state index in [1.54, 1.807) is 7.11 Å². The Bertz CT molecular complexity index is 583. The fraction of sp³-hybridized carbons (Fsp3) is 0.650. The largest absolute Gasteiger partial charge is 0.497 e. The highest BCUT2D eigenvalue weighted by atomic mass is 127. The molecule has 1 fully saturated rings. The number of likely N-dealkylation sites (tertiary alicyclic amines) is 1. The van der Waals surface area contributed by atoms with E-state index in [2.05, 4.69) is 53.4 Å². The topological polar surface area (TPSA) is 48.9 Å². The quantitative estimate of drug-likeness (QED) is 0.376. The van der Waals surface area contributed by atoms with Crippen molar-refractivity contribution in [2.75, 3.05) is 33.8 Å². The normalized spacial score (nSPS) is 16.0. The predicted molar refractivity (Wildman–Crippen MR) is 121 cm³/mol. The zero-order chi connectivity index (χ0) is 18.3. The minimum atomic E-state index is 0. The maximum Gasteiger partial charge on any atom is 0.191 e. The summed E-state index contributed by atoms with van der Waals surface area (Å²) in [5.41, 5.74) is 2.52. The molecule has 1 aromatic rings. The standard InChI is InChI=1S/C20H34N4O.HI/c1-16-11-17(13-18(12-16)25-5)14-22-19(21-4)23-15-20(2,3)24-9-7-6-8-10-24;/h11-13H,6-10,14-15H2,1-5H3,(H2,21,22,23);1H. The number of piperidine rings is 1. The zero-order valence-electron chi connectivity index (χ0n) is 16.9. The van der Waals surface area contributed by atoms with Crippen LogP contribution in [0.3, 0.4) is 0 Å². The number of hydrogen-bond donors (Lipinski definition) is 2. The summed E-state index contributed by atoms with van der Waals surface area (Å²) in [6.45, 7) is 10.7. The average Bonchev–Trinajstić information content (AvgIpc) is 2.62. The molecule has 1 aliphatic heterocycles. The number of halogens is 1. The molecule has 0 atom stereocenters. The molecule has 6 heteroatoms. The molecule has 0 aliphatic carbocycles. The van der Waals surface area contributed by atoms with Gasteiger partial charge in [0.2, 0.25) is 0 Å². The highest BCUT2D eigenvalue weighted by molar-refractivity contribution is 14.0. The third-order valence-corrected chi connectivity index (χ3v) is 4.93. The second-order valence-corrected chi connectivity index (χ2v) is 7.50. The van der Waals surface area contributed by atoms with E-state index in [-0.39, 0.29) is 29.5 Å². The highest BCUT2D eigenvalue weighted by Crippen LogP contribution is 2.20. The van der Waals surface area contributed by atoms with Gasteiger partial charge in [0.05, 0.1) is 7.11 Å². The molecule has 0 amide bonds. The molecule has 148 valence electrons. The van der Waals surface area contributed by atoms with Gasteiger partial charge in [0.15, 0.2) is 5.96 Å². The van der Waals surface area contributed by atoms with Crippen LogP contribution < -0.4 is 15.4 Å². The van der Waals surface area contributed by atoms with E-state index in [4.69, 9.17) is 4.74 Å². The van der Waals surface area contributed by atoms with Crippen LogP contribution in [0.2, 0.25) is 0 Å². The lowest BCUT2D eigenvalue weighted by atomic mass is 9.98. The number of benzene rings is 1. The van der Waals surface area contributed by atoms with Crippen LogP contribution in [-0.4, -0.2) is 50.2 Å². The van der Waals surface area contributed by atoms with Gasteiger partial charge in [-0.05, 0) is 70.0 Å². The van der Waals surface area contributed by atoms with Gasteiger partial charge in [0.1, 0.15) is 5.75 Å². The molecule has 0 saturated carbocycles. The molecule has 1 aliphatic rings. The first-order valence-corrected chi connectivity index (χ1v) is 9.29. The minimum absolute atomic E-state index is 0. The van der Waals surface area contributed by atoms with Crippen molar-refractivity contribution >= 4 is 29.9 Å². The first kappa shape index (κ1) is 23.0. The van der Waals surface area contributed by atoms with Gasteiger partial charge in [0.25, 0.3) is 0 Å². The van der Waals surface area contributed by atoms with Gasteiger partial charge >= 0.3 is 0 Å². The predicted octanol–water partition coefficient (Wildman–Crippen LogP) is 3.55. The molecule has 1 saturated heterocycles. The van der Waals surface area contributed by atoms with Crippen LogP contribution in [0.25, 0.3) is 0 Å². The van der Waals surface area contributed by atoms with Gasteiger partial charge in [-0.25, -0.2) is 0 Å². The van der Waals surface area contributed by atoms with Gasteiger partial charge in [-0.15, -0.1) is 24.0 Å². The van der Waals surface area contributed by atoms with E-state index in [1.165, 1.54) is 43.5 Å². The van der Waals surface area contributed by atoms with Gasteiger partial charge in [-0.1, -0.05) is 12.5 Å². The maximum atomic E-state index is 5.35. The zero-order valence-corrected chi connectivity index (χ0v) is 19.2. The fourth-order valence-electron chi connectivity index (χ4n) is 3.36. The summed E-state index contributed by atoms with van der Waals surface area (Å²) in [4.78, 5) is 6.95. The van der Waals surface area contributed by atoms with E-state index in [0.717, 1.165) is 24.8 Å². The summed E-state index contributed by atoms with van der Waals surface area (Å²) < 4.78 is 5.35. The third-order valence-electron chi connectivity index (χ3n) is 4.93. The summed E-state index contributed by atoms with van der Waals surface area (Å²) >= 11 is 0. The van der Waals surface area contributed by atoms with Crippen LogP contribution in [-0.2, 0) is 6.54 Å². The summed E-state index contributed by atoms with van der Waals surface area (Å²) in [6, 6.07) is 6.27. The highest BCUT2D eigenvalue weighted by Gasteiger charge is 2.27. The number of nitrogens with zero attached hydrogens (tertiary/aromatic N) is 2. The van der Waals surface area contributed by atoms with Crippen LogP contribution >= 0.6 is 24.0 Å². The van der Waals surface area contributed by atoms with E-state index in [9.17, 15) is 0 Å². The molecular formula is C20H35IN4O. The van der Waals surface area contributed by atoms with Crippen molar-refractivity contribution in [1.29, 1.82) is 0 Å². The number of hydrogen-bond acceptors (Lipinski definition) is 3. The van der Waals surface area contributed by atoms with Crippen LogP contribution in [0.1, 0.15) is 44.2 Å². The SMILES string of the molecule is CN=C(NCc1cc(C)cc(OC)c1)NCC(C)(C)N1CCCCC1.I. The van der Waals surface area contributed by atoms with Crippen LogP contribution in [0.15, 0.2) is 23.2 Å². The number of rotatable bonds is 6. The Morgan fingerprint density at radius 2 is 1.85 bits per heavy atom. The average molecular weight is 474 g/mol. The molecule has 0 aromatic heterocycles. The first-order chi connectivity index (χ1) is 11.9. The van der Waals surface area contributed by atoms with E-state index in [0.29, 0.717) is 0 Å². The Balaban J connectivity index is 0.00000338. The molecule has 2 rings (SSSR count). The summed E-state index contributed by atoms with van der Waals surface area (Å²) in [7, 11) is 3.52. The molecule has 0 radical (unpaired) electrons. The van der Waals surface area contributed by atoms with Crippen molar-refractivity contribution in [3.63, 3.8) is 0 Å². The molecule has 5 nitrogen and oxygen atoms in total. The van der Waals surface area contributed by atoms with Crippen molar-refractivity contribution in [1.82, 2.24) is 15.5 Å². The monoisotopic (exact) mass is 474 g/mol. The smallest absolute Gasteiger partial charge is 0.191 e. The molecule has 1 aromatic carbocycles. The Morgan fingerprint density at radius 1 is 1.15 bits per heavy atom. The van der Waals surface area contributed by atoms with Crippen LogP contribution in [0.4, 0.5) is 0 Å². The van der Waals surface area contributed by atoms with Crippen LogP contribution in [0.5, 0.6) is 5.75 Å². The van der Waals surface area contributed by atoms with Crippen molar-refractivity contribution < 1.29 is 4.74 Å². The maximum absolute atomic E-state index is 5.35. The van der Waals surface area contributed by atoms with Crippen molar-refractivity contribution in [3.8, 4) is 5.75 Å². The minimum Gasteiger partial charge on any atom is -0.497 e. The van der Waals surface area contributed by atoms with Gasteiger partial charge in [0, 0.05) is 25.7 Å². The van der Waals surface area contributed by atoms with Gasteiger partial charge in [-0.3, -0.25) is 9.89 Å². The second kappa shape index (κ2) is 11.0. The summed E-state index contributed by atoms with van der Waals surface area (Å²) in [5, 5.41) is 6.89. The number of ether oxygens (including phenoxy) is 1. The number of guanidine groups is 1. The lowest BCUT2D eigenvalue weighted by Crippen LogP contribution is -2.54. The fourth-order valence-corrected chi connectivity index (χ4v) is 3.36. The van der Waals surface area contributed by atoms with Crippen molar-refractivity contribution in [2.45, 2.75) is 52.1 Å². The lowest BCUT2D eigenvalue weighted by molar-refractivity contribution is 0.0982. The van der Waals surface area contributed by atoms with E-state index < -0.39 is 0 Å².